The molecule has 0 heterocycles. The number of hydrogen-bond donors (Lipinski definition) is 2. The van der Waals surface area contributed by atoms with Gasteiger partial charge in [0.05, 0.1) is 0 Å². The maximum absolute atomic E-state index is 9.11. The van der Waals surface area contributed by atoms with Crippen molar-refractivity contribution in [3.63, 3.8) is 0 Å². The third kappa shape index (κ3) is 8.07. The van der Waals surface area contributed by atoms with Crippen LogP contribution < -0.4 is 0 Å². The van der Waals surface area contributed by atoms with Gasteiger partial charge in [-0.05, 0) is 37.1 Å². The fraction of sp³-hybridized carbons (Fsp3) is 0.200. The second-order valence-corrected chi connectivity index (χ2v) is 3.82. The first kappa shape index (κ1) is 20.5. The smallest absolute Gasteiger partial charge is 0.118 e. The molecule has 0 atom stereocenters. The minimum absolute atomic E-state index is 0. The molecule has 2 aromatic rings. The van der Waals surface area contributed by atoms with Gasteiger partial charge in [-0.15, -0.1) is 12.4 Å². The Bertz CT molecular complexity index is 437. The van der Waals surface area contributed by atoms with Crippen molar-refractivity contribution in [2.24, 2.45) is 0 Å². The van der Waals surface area contributed by atoms with Crippen LogP contribution in [-0.4, -0.2) is 10.2 Å². The van der Waals surface area contributed by atoms with Crippen LogP contribution in [0, 0.1) is 6.92 Å². The van der Waals surface area contributed by atoms with Crippen LogP contribution in [-0.2, 0) is 32.6 Å². The molecule has 0 saturated heterocycles. The van der Waals surface area contributed by atoms with Crippen molar-refractivity contribution in [3.05, 3.63) is 59.7 Å². The van der Waals surface area contributed by atoms with Gasteiger partial charge in [-0.2, -0.15) is 0 Å². The Balaban J connectivity index is 0. The molecule has 0 spiro atoms. The number of aryl methyl sites for hydroxylation is 2. The van der Waals surface area contributed by atoms with Gasteiger partial charge in [0.25, 0.3) is 0 Å². The Labute approximate surface area is 140 Å². The van der Waals surface area contributed by atoms with Crippen LogP contribution >= 0.6 is 12.4 Å². The summed E-state index contributed by atoms with van der Waals surface area (Å²) in [6.45, 7) is 4.01. The molecule has 2 nitrogen and oxygen atoms in total. The molecule has 4 heteroatoms. The number of benzene rings is 2. The van der Waals surface area contributed by atoms with E-state index in [-0.39, 0.29) is 38.6 Å². The van der Waals surface area contributed by atoms with E-state index in [4.69, 9.17) is 10.2 Å². The van der Waals surface area contributed by atoms with Crippen LogP contribution in [0.1, 0.15) is 18.1 Å². The third-order valence-corrected chi connectivity index (χ3v) is 2.41. The summed E-state index contributed by atoms with van der Waals surface area (Å²) in [6.07, 6.45) is 0.896. The number of hydrogen-bond acceptors (Lipinski definition) is 2. The number of phenolic OH excluding ortho intramolecular Hbond substituents is 2. The van der Waals surface area contributed by atoms with Gasteiger partial charge in [0, 0.05) is 26.2 Å². The number of rotatable bonds is 1. The van der Waals surface area contributed by atoms with Crippen molar-refractivity contribution in [1.29, 1.82) is 0 Å². The van der Waals surface area contributed by atoms with Crippen LogP contribution in [0.4, 0.5) is 0 Å². The van der Waals surface area contributed by atoms with E-state index in [2.05, 4.69) is 0 Å². The van der Waals surface area contributed by atoms with Gasteiger partial charge in [0.2, 0.25) is 0 Å². The van der Waals surface area contributed by atoms with Gasteiger partial charge in [-0.25, -0.2) is 0 Å². The summed E-state index contributed by atoms with van der Waals surface area (Å²) in [5.41, 5.74) is 2.18. The number of aromatic hydroxyl groups is 2. The Kier molecular flexibility index (Phi) is 12.0. The molecule has 0 radical (unpaired) electrons. The topological polar surface area (TPSA) is 40.5 Å². The van der Waals surface area contributed by atoms with Crippen LogP contribution in [0.3, 0.4) is 0 Å². The standard InChI is InChI=1S/C8H10O.C7H8O.ClH.Zr/c1-2-7-5-3-4-6-8(7)9;1-6-2-4-7(8)5-3-6;;/h3-6,9H,2H2,1H3;2-5,8H,1H3;1H;. The molecule has 102 valence electrons. The van der Waals surface area contributed by atoms with Crippen molar-refractivity contribution in [2.75, 3.05) is 0 Å². The molecule has 2 aromatic carbocycles. The number of para-hydroxylation sites is 1. The van der Waals surface area contributed by atoms with E-state index >= 15 is 0 Å². The zero-order valence-corrected chi connectivity index (χ0v) is 14.4. The molecule has 2 rings (SSSR count). The molecular weight excluding hydrogens is 339 g/mol. The van der Waals surface area contributed by atoms with Crippen molar-refractivity contribution < 1.29 is 36.4 Å². The average Bonchev–Trinajstić information content (AvgIpc) is 2.34. The van der Waals surface area contributed by atoms with Crippen molar-refractivity contribution >= 4 is 12.4 Å². The fourth-order valence-electron chi connectivity index (χ4n) is 1.35. The first-order chi connectivity index (χ1) is 8.13. The van der Waals surface area contributed by atoms with Gasteiger partial charge in [-0.1, -0.05) is 42.8 Å². The first-order valence-electron chi connectivity index (χ1n) is 5.66. The maximum Gasteiger partial charge on any atom is 0.118 e. The third-order valence-electron chi connectivity index (χ3n) is 2.41. The minimum atomic E-state index is 0. The zero-order chi connectivity index (χ0) is 12.7. The zero-order valence-electron chi connectivity index (χ0n) is 11.1. The summed E-state index contributed by atoms with van der Waals surface area (Å²) in [6, 6.07) is 14.5. The van der Waals surface area contributed by atoms with Gasteiger partial charge < -0.3 is 10.2 Å². The molecular formula is C15H19ClO2Zr. The first-order valence-corrected chi connectivity index (χ1v) is 5.66. The average molecular weight is 358 g/mol. The van der Waals surface area contributed by atoms with Crippen LogP contribution in [0.5, 0.6) is 11.5 Å². The van der Waals surface area contributed by atoms with Crippen LogP contribution in [0.25, 0.3) is 0 Å². The molecule has 0 saturated carbocycles. The SMILES string of the molecule is CCc1ccccc1O.Cc1ccc(O)cc1.Cl.[Zr]. The summed E-state index contributed by atoms with van der Waals surface area (Å²) >= 11 is 0. The summed E-state index contributed by atoms with van der Waals surface area (Å²) in [7, 11) is 0. The largest absolute Gasteiger partial charge is 0.508 e. The summed E-state index contributed by atoms with van der Waals surface area (Å²) in [5, 5.41) is 17.9. The Morgan fingerprint density at radius 3 is 1.79 bits per heavy atom. The molecule has 0 bridgehead atoms. The Morgan fingerprint density at radius 1 is 0.895 bits per heavy atom. The molecule has 0 aromatic heterocycles. The van der Waals surface area contributed by atoms with Crippen LogP contribution in [0.2, 0.25) is 0 Å². The van der Waals surface area contributed by atoms with Gasteiger partial charge in [0.15, 0.2) is 0 Å². The minimum Gasteiger partial charge on any atom is -0.508 e. The second-order valence-electron chi connectivity index (χ2n) is 3.82. The van der Waals surface area contributed by atoms with E-state index in [1.807, 2.05) is 44.2 Å². The molecule has 0 amide bonds. The molecule has 0 fully saturated rings. The summed E-state index contributed by atoms with van der Waals surface area (Å²) in [5.74, 6) is 0.732. The van der Waals surface area contributed by atoms with Crippen molar-refractivity contribution in [2.45, 2.75) is 20.3 Å². The summed E-state index contributed by atoms with van der Waals surface area (Å²) < 4.78 is 0. The molecule has 0 unspecified atom stereocenters. The normalized spacial score (nSPS) is 8.32. The molecule has 19 heavy (non-hydrogen) atoms. The van der Waals surface area contributed by atoms with Gasteiger partial charge in [0.1, 0.15) is 11.5 Å². The summed E-state index contributed by atoms with van der Waals surface area (Å²) in [4.78, 5) is 0. The van der Waals surface area contributed by atoms with Crippen molar-refractivity contribution in [1.82, 2.24) is 0 Å². The van der Waals surface area contributed by atoms with Crippen molar-refractivity contribution in [3.8, 4) is 11.5 Å². The van der Waals surface area contributed by atoms with Gasteiger partial charge >= 0.3 is 0 Å². The van der Waals surface area contributed by atoms with Crippen LogP contribution in [0.15, 0.2) is 48.5 Å². The van der Waals surface area contributed by atoms with E-state index in [0.717, 1.165) is 12.0 Å². The Hall–Kier alpha value is -0.787. The number of halogens is 1. The molecule has 0 aliphatic rings. The van der Waals surface area contributed by atoms with Gasteiger partial charge in [-0.3, -0.25) is 0 Å². The van der Waals surface area contributed by atoms with E-state index in [1.54, 1.807) is 18.2 Å². The molecule has 0 aliphatic heterocycles. The predicted octanol–water partition coefficient (Wildman–Crippen LogP) is 4.07. The van der Waals surface area contributed by atoms with E-state index in [0.29, 0.717) is 11.5 Å². The quantitative estimate of drug-likeness (QED) is 0.807. The van der Waals surface area contributed by atoms with E-state index in [1.165, 1.54) is 5.56 Å². The second kappa shape index (κ2) is 11.1. The number of phenols is 2. The molecule has 0 aliphatic carbocycles. The Morgan fingerprint density at radius 2 is 1.42 bits per heavy atom. The molecule has 2 N–H and O–H groups in total. The van der Waals surface area contributed by atoms with E-state index < -0.39 is 0 Å². The monoisotopic (exact) mass is 356 g/mol. The van der Waals surface area contributed by atoms with E-state index in [9.17, 15) is 0 Å². The predicted molar refractivity (Wildman–Crippen MR) is 77.6 cm³/mol. The maximum atomic E-state index is 9.11. The fourth-order valence-corrected chi connectivity index (χ4v) is 1.35.